The first kappa shape index (κ1) is 38.9. The van der Waals surface area contributed by atoms with Crippen molar-refractivity contribution in [3.8, 4) is 0 Å². The fourth-order valence-electron chi connectivity index (χ4n) is 5.58. The predicted molar refractivity (Wildman–Crippen MR) is 187 cm³/mol. The van der Waals surface area contributed by atoms with Crippen LogP contribution in [0.2, 0.25) is 0 Å². The third-order valence-corrected chi connectivity index (χ3v) is 8.25. The summed E-state index contributed by atoms with van der Waals surface area (Å²) in [6.07, 6.45) is 21.9. The Bertz CT molecular complexity index is 821. The van der Waals surface area contributed by atoms with Crippen molar-refractivity contribution in [1.29, 1.82) is 0 Å². The van der Waals surface area contributed by atoms with Gasteiger partial charge in [0.1, 0.15) is 0 Å². The highest BCUT2D eigenvalue weighted by atomic mass is 16.9. The van der Waals surface area contributed by atoms with E-state index in [1.54, 1.807) is 21.3 Å². The van der Waals surface area contributed by atoms with E-state index >= 15 is 0 Å². The number of methoxy groups -OCH3 is 3. The molecule has 2 aromatic rings. The molecule has 2 rings (SSSR count). The molecular formula is C38H66N2O3. The van der Waals surface area contributed by atoms with Gasteiger partial charge in [0.15, 0.2) is 0 Å². The largest absolute Gasteiger partial charge is 0.385 e. The molecule has 5 nitrogen and oxygen atoms in total. The fraction of sp³-hybridized carbons (Fsp3) is 0.684. The molecule has 0 aliphatic heterocycles. The second-order valence-electron chi connectivity index (χ2n) is 11.8. The topological polar surface area (TPSA) is 51.8 Å². The zero-order valence-corrected chi connectivity index (χ0v) is 28.5. The van der Waals surface area contributed by atoms with Crippen molar-refractivity contribution in [2.75, 3.05) is 45.1 Å². The van der Waals surface area contributed by atoms with Crippen molar-refractivity contribution in [2.45, 2.75) is 129 Å². The van der Waals surface area contributed by atoms with Crippen LogP contribution in [-0.2, 0) is 14.2 Å². The second-order valence-corrected chi connectivity index (χ2v) is 11.8. The minimum atomic E-state index is -0.869. The van der Waals surface area contributed by atoms with Gasteiger partial charge in [-0.05, 0) is 55.9 Å². The van der Waals surface area contributed by atoms with E-state index in [0.717, 1.165) is 31.8 Å². The van der Waals surface area contributed by atoms with E-state index in [9.17, 15) is 0 Å². The van der Waals surface area contributed by atoms with Crippen molar-refractivity contribution in [3.63, 3.8) is 0 Å². The number of anilines is 2. The van der Waals surface area contributed by atoms with Gasteiger partial charge in [0, 0.05) is 52.2 Å². The van der Waals surface area contributed by atoms with Crippen LogP contribution in [-0.4, -0.2) is 40.4 Å². The van der Waals surface area contributed by atoms with Crippen LogP contribution < -0.4 is 10.6 Å². The van der Waals surface area contributed by atoms with Gasteiger partial charge in [-0.1, -0.05) is 127 Å². The first-order chi connectivity index (χ1) is 21.1. The van der Waals surface area contributed by atoms with Crippen molar-refractivity contribution in [3.05, 3.63) is 60.7 Å². The molecule has 246 valence electrons. The molecule has 1 atom stereocenters. The summed E-state index contributed by atoms with van der Waals surface area (Å²) in [5.74, 6) is -0.0269. The first-order valence-electron chi connectivity index (χ1n) is 17.4. The Morgan fingerprint density at radius 3 is 1.49 bits per heavy atom. The highest BCUT2D eigenvalue weighted by Gasteiger charge is 2.28. The summed E-state index contributed by atoms with van der Waals surface area (Å²) in [4.78, 5) is 0. The normalized spacial score (nSPS) is 11.9. The molecule has 0 aromatic heterocycles. The number of unbranched alkanes of at least 4 members (excludes halogenated alkanes) is 9. The lowest BCUT2D eigenvalue weighted by atomic mass is 9.92. The second kappa shape index (κ2) is 27.5. The number of hydrogen-bond donors (Lipinski definition) is 2. The van der Waals surface area contributed by atoms with E-state index in [4.69, 9.17) is 14.2 Å². The minimum absolute atomic E-state index is 0.774. The lowest BCUT2D eigenvalue weighted by Crippen LogP contribution is -2.35. The molecule has 0 bridgehead atoms. The van der Waals surface area contributed by atoms with Crippen LogP contribution in [0.25, 0.3) is 0 Å². The Hall–Kier alpha value is -2.08. The van der Waals surface area contributed by atoms with Gasteiger partial charge >= 0.3 is 0 Å². The Labute approximate surface area is 265 Å². The van der Waals surface area contributed by atoms with Crippen LogP contribution in [0.5, 0.6) is 0 Å². The molecule has 1 unspecified atom stereocenters. The molecule has 0 saturated heterocycles. The summed E-state index contributed by atoms with van der Waals surface area (Å²) in [6, 6.07) is 20.9. The maximum atomic E-state index is 5.35. The summed E-state index contributed by atoms with van der Waals surface area (Å²) in [7, 11) is 4.90. The van der Waals surface area contributed by atoms with Crippen molar-refractivity contribution >= 4 is 11.4 Å². The predicted octanol–water partition coefficient (Wildman–Crippen LogP) is 11.1. The molecule has 2 N–H and O–H groups in total. The molecule has 0 amide bonds. The van der Waals surface area contributed by atoms with Crippen molar-refractivity contribution in [2.24, 2.45) is 5.92 Å². The molecule has 0 fully saturated rings. The number of rotatable bonds is 26. The summed E-state index contributed by atoms with van der Waals surface area (Å²) in [6.45, 7) is 6.73. The molecular weight excluding hydrogens is 532 g/mol. The third kappa shape index (κ3) is 20.5. The van der Waals surface area contributed by atoms with Gasteiger partial charge in [-0.2, -0.15) is 0 Å². The highest BCUT2D eigenvalue weighted by molar-refractivity contribution is 5.42. The average Bonchev–Trinajstić information content (AvgIpc) is 3.05. The number of benzene rings is 2. The van der Waals surface area contributed by atoms with Gasteiger partial charge in [0.25, 0.3) is 5.97 Å². The summed E-state index contributed by atoms with van der Waals surface area (Å²) in [5.41, 5.74) is 2.47. The molecule has 2 aromatic carbocycles. The van der Waals surface area contributed by atoms with E-state index in [0.29, 0.717) is 0 Å². The number of para-hydroxylation sites is 2. The summed E-state index contributed by atoms with van der Waals surface area (Å²) < 4.78 is 16.1. The minimum Gasteiger partial charge on any atom is -0.385 e. The maximum absolute atomic E-state index is 5.35. The van der Waals surface area contributed by atoms with Gasteiger partial charge < -0.3 is 24.8 Å². The molecule has 43 heavy (non-hydrogen) atoms. The summed E-state index contributed by atoms with van der Waals surface area (Å²) >= 11 is 0. The van der Waals surface area contributed by atoms with E-state index in [2.05, 4.69) is 85.1 Å². The van der Waals surface area contributed by atoms with Gasteiger partial charge in [-0.25, -0.2) is 0 Å². The molecule has 5 heteroatoms. The highest BCUT2D eigenvalue weighted by Crippen LogP contribution is 2.24. The fourth-order valence-corrected chi connectivity index (χ4v) is 5.58. The Morgan fingerprint density at radius 1 is 0.512 bits per heavy atom. The van der Waals surface area contributed by atoms with E-state index < -0.39 is 5.97 Å². The van der Waals surface area contributed by atoms with Gasteiger partial charge in [-0.15, -0.1) is 0 Å². The quantitative estimate of drug-likeness (QED) is 0.0833. The molecule has 0 spiro atoms. The number of hydrogen-bond acceptors (Lipinski definition) is 5. The smallest absolute Gasteiger partial charge is 0.282 e. The molecule has 0 aliphatic carbocycles. The van der Waals surface area contributed by atoms with E-state index in [1.807, 2.05) is 0 Å². The Morgan fingerprint density at radius 2 is 0.977 bits per heavy atom. The first-order valence-corrected chi connectivity index (χ1v) is 17.4. The van der Waals surface area contributed by atoms with Gasteiger partial charge in [0.2, 0.25) is 0 Å². The lowest BCUT2D eigenvalue weighted by Gasteiger charge is -2.28. The van der Waals surface area contributed by atoms with Crippen molar-refractivity contribution < 1.29 is 14.2 Å². The number of nitrogens with one attached hydrogen (secondary N) is 2. The van der Waals surface area contributed by atoms with Crippen LogP contribution >= 0.6 is 0 Å². The SMILES string of the molecule is CCCC(CCCCCC(OC)(OC)OC)CCCNc1ccccc1.CCCCCCCCCCNc1ccccc1. The van der Waals surface area contributed by atoms with E-state index in [1.165, 1.54) is 108 Å². The van der Waals surface area contributed by atoms with Crippen LogP contribution in [0.3, 0.4) is 0 Å². The standard InChI is InChI=1S/C22H39NO3.C16H27N/c1-5-13-20(15-12-19-23-21-16-9-6-10-17-21)14-8-7-11-18-22(24-2,25-3)26-4;1-2-3-4-5-6-7-8-12-15-17-16-13-10-9-11-14-16/h6,9-10,16-17,20,23H,5,7-8,11-15,18-19H2,1-4H3;9-11,13-14,17H,2-8,12,15H2,1H3. The maximum Gasteiger partial charge on any atom is 0.282 e. The number of ether oxygens (including phenoxy) is 3. The average molecular weight is 599 g/mol. The summed E-state index contributed by atoms with van der Waals surface area (Å²) in [5, 5.41) is 6.97. The van der Waals surface area contributed by atoms with Crippen LogP contribution in [0.4, 0.5) is 11.4 Å². The zero-order valence-electron chi connectivity index (χ0n) is 28.5. The van der Waals surface area contributed by atoms with Crippen LogP contribution in [0.15, 0.2) is 60.7 Å². The van der Waals surface area contributed by atoms with Crippen LogP contribution in [0.1, 0.15) is 123 Å². The molecule has 0 radical (unpaired) electrons. The third-order valence-electron chi connectivity index (χ3n) is 8.25. The molecule has 0 saturated carbocycles. The van der Waals surface area contributed by atoms with E-state index in [-0.39, 0.29) is 0 Å². The molecule has 0 heterocycles. The van der Waals surface area contributed by atoms with Crippen LogP contribution in [0, 0.1) is 5.92 Å². The van der Waals surface area contributed by atoms with Gasteiger partial charge in [0.05, 0.1) is 0 Å². The molecule has 0 aliphatic rings. The zero-order chi connectivity index (χ0) is 31.3. The monoisotopic (exact) mass is 599 g/mol. The van der Waals surface area contributed by atoms with Gasteiger partial charge in [-0.3, -0.25) is 0 Å². The van der Waals surface area contributed by atoms with Crippen molar-refractivity contribution in [1.82, 2.24) is 0 Å². The Balaban J connectivity index is 0.000000469. The lowest BCUT2D eigenvalue weighted by molar-refractivity contribution is -0.355. The Kier molecular flexibility index (Phi) is 24.9.